The number of benzene rings is 2. The molecule has 0 radical (unpaired) electrons. The quantitative estimate of drug-likeness (QED) is 0.649. The minimum atomic E-state index is -0.249. The average Bonchev–Trinajstić information content (AvgIpc) is 2.44. The van der Waals surface area contributed by atoms with E-state index in [4.69, 9.17) is 33.8 Å². The molecule has 0 aliphatic carbocycles. The molecule has 0 spiro atoms. The Morgan fingerprint density at radius 2 is 2.00 bits per heavy atom. The van der Waals surface area contributed by atoms with Crippen molar-refractivity contribution in [1.82, 2.24) is 5.43 Å². The van der Waals surface area contributed by atoms with Crippen molar-refractivity contribution in [3.63, 3.8) is 0 Å². The Hall–Kier alpha value is -1.26. The second-order valence-electron chi connectivity index (χ2n) is 4.27. The number of rotatable bonds is 5. The minimum Gasteiger partial charge on any atom is -0.494 e. The van der Waals surface area contributed by atoms with Crippen LogP contribution in [-0.4, -0.2) is 6.61 Å². The molecule has 3 N–H and O–H groups in total. The lowest BCUT2D eigenvalue weighted by molar-refractivity contribution is 0.339. The van der Waals surface area contributed by atoms with Crippen molar-refractivity contribution in [2.24, 2.45) is 5.84 Å². The summed E-state index contributed by atoms with van der Waals surface area (Å²) in [6.45, 7) is 2.56. The lowest BCUT2D eigenvalue weighted by Gasteiger charge is -2.19. The highest BCUT2D eigenvalue weighted by Gasteiger charge is 2.16. The number of hydrogen-bond acceptors (Lipinski definition) is 3. The molecule has 2 rings (SSSR count). The maximum absolute atomic E-state index is 6.24. The van der Waals surface area contributed by atoms with Gasteiger partial charge in [-0.2, -0.15) is 0 Å². The summed E-state index contributed by atoms with van der Waals surface area (Å²) in [6.07, 6.45) is 0. The normalized spacial score (nSPS) is 12.2. The van der Waals surface area contributed by atoms with E-state index < -0.39 is 0 Å². The Labute approximate surface area is 128 Å². The summed E-state index contributed by atoms with van der Waals surface area (Å²) in [4.78, 5) is 0. The number of halogens is 2. The third-order valence-corrected chi connectivity index (χ3v) is 3.52. The maximum Gasteiger partial charge on any atom is 0.119 e. The summed E-state index contributed by atoms with van der Waals surface area (Å²) < 4.78 is 5.50. The summed E-state index contributed by atoms with van der Waals surface area (Å²) in [5.74, 6) is 6.48. The molecule has 5 heteroatoms. The van der Waals surface area contributed by atoms with E-state index in [0.29, 0.717) is 16.7 Å². The molecule has 0 heterocycles. The number of nitrogens with one attached hydrogen (secondary N) is 1. The molecule has 2 aromatic rings. The van der Waals surface area contributed by atoms with Crippen molar-refractivity contribution in [2.75, 3.05) is 6.61 Å². The van der Waals surface area contributed by atoms with Crippen LogP contribution >= 0.6 is 23.2 Å². The highest BCUT2D eigenvalue weighted by molar-refractivity contribution is 6.33. The number of nitrogens with two attached hydrogens (primary N) is 1. The standard InChI is InChI=1S/C15H16Cl2N2O/c1-2-20-12-5-3-4-10(8-12)15(19-18)13-9-11(16)6-7-14(13)17/h3-9,15,19H,2,18H2,1H3. The molecule has 0 fully saturated rings. The van der Waals surface area contributed by atoms with Gasteiger partial charge >= 0.3 is 0 Å². The summed E-state index contributed by atoms with van der Waals surface area (Å²) in [5, 5.41) is 1.23. The second kappa shape index (κ2) is 6.95. The Balaban J connectivity index is 2.41. The molecule has 20 heavy (non-hydrogen) atoms. The van der Waals surface area contributed by atoms with Crippen molar-refractivity contribution >= 4 is 23.2 Å². The molecule has 106 valence electrons. The fourth-order valence-electron chi connectivity index (χ4n) is 2.05. The first-order valence-electron chi connectivity index (χ1n) is 6.29. The summed E-state index contributed by atoms with van der Waals surface area (Å²) in [5.41, 5.74) is 4.56. The fraction of sp³-hybridized carbons (Fsp3) is 0.200. The number of ether oxygens (including phenoxy) is 1. The Kier molecular flexibility index (Phi) is 5.26. The van der Waals surface area contributed by atoms with Crippen LogP contribution in [0.2, 0.25) is 10.0 Å². The number of hydrogen-bond donors (Lipinski definition) is 2. The van der Waals surface area contributed by atoms with Gasteiger partial charge in [0.25, 0.3) is 0 Å². The van der Waals surface area contributed by atoms with E-state index in [0.717, 1.165) is 16.9 Å². The topological polar surface area (TPSA) is 47.3 Å². The van der Waals surface area contributed by atoms with E-state index in [9.17, 15) is 0 Å². The van der Waals surface area contributed by atoms with E-state index in [2.05, 4.69) is 5.43 Å². The maximum atomic E-state index is 6.24. The predicted molar refractivity (Wildman–Crippen MR) is 83.2 cm³/mol. The van der Waals surface area contributed by atoms with Crippen molar-refractivity contribution in [3.05, 3.63) is 63.6 Å². The van der Waals surface area contributed by atoms with Gasteiger partial charge < -0.3 is 4.74 Å². The average molecular weight is 311 g/mol. The van der Waals surface area contributed by atoms with E-state index in [1.807, 2.05) is 37.3 Å². The zero-order chi connectivity index (χ0) is 14.5. The van der Waals surface area contributed by atoms with Crippen LogP contribution in [0, 0.1) is 0 Å². The smallest absolute Gasteiger partial charge is 0.119 e. The molecule has 0 saturated carbocycles. The fourth-order valence-corrected chi connectivity index (χ4v) is 2.46. The van der Waals surface area contributed by atoms with Crippen LogP contribution in [0.5, 0.6) is 5.75 Å². The van der Waals surface area contributed by atoms with Gasteiger partial charge in [0.05, 0.1) is 12.6 Å². The SMILES string of the molecule is CCOc1cccc(C(NN)c2cc(Cl)ccc2Cl)c1. The zero-order valence-corrected chi connectivity index (χ0v) is 12.6. The minimum absolute atomic E-state index is 0.249. The molecule has 0 amide bonds. The third-order valence-electron chi connectivity index (χ3n) is 2.94. The molecule has 1 atom stereocenters. The molecule has 0 saturated heterocycles. The lowest BCUT2D eigenvalue weighted by atomic mass is 9.99. The predicted octanol–water partition coefficient (Wildman–Crippen LogP) is 3.94. The molecule has 0 aliphatic heterocycles. The van der Waals surface area contributed by atoms with E-state index >= 15 is 0 Å². The molecule has 1 unspecified atom stereocenters. The van der Waals surface area contributed by atoms with Gasteiger partial charge in [-0.1, -0.05) is 35.3 Å². The summed E-state index contributed by atoms with van der Waals surface area (Å²) in [7, 11) is 0. The molecule has 0 bridgehead atoms. The van der Waals surface area contributed by atoms with Gasteiger partial charge in [0.1, 0.15) is 5.75 Å². The first-order valence-corrected chi connectivity index (χ1v) is 7.05. The van der Waals surface area contributed by atoms with Gasteiger partial charge in [0.2, 0.25) is 0 Å². The second-order valence-corrected chi connectivity index (χ2v) is 5.11. The lowest BCUT2D eigenvalue weighted by Crippen LogP contribution is -2.29. The van der Waals surface area contributed by atoms with Crippen molar-refractivity contribution in [2.45, 2.75) is 13.0 Å². The molecular formula is C15H16Cl2N2O. The van der Waals surface area contributed by atoms with E-state index in [-0.39, 0.29) is 6.04 Å². The molecule has 2 aromatic carbocycles. The van der Waals surface area contributed by atoms with Crippen molar-refractivity contribution in [3.8, 4) is 5.75 Å². The van der Waals surface area contributed by atoms with Crippen LogP contribution in [0.1, 0.15) is 24.1 Å². The highest BCUT2D eigenvalue weighted by Crippen LogP contribution is 2.31. The van der Waals surface area contributed by atoms with Crippen LogP contribution in [0.4, 0.5) is 0 Å². The van der Waals surface area contributed by atoms with Crippen LogP contribution in [-0.2, 0) is 0 Å². The van der Waals surface area contributed by atoms with E-state index in [1.165, 1.54) is 0 Å². The van der Waals surface area contributed by atoms with Crippen LogP contribution in [0.3, 0.4) is 0 Å². The van der Waals surface area contributed by atoms with Gasteiger partial charge in [0.15, 0.2) is 0 Å². The molecular weight excluding hydrogens is 295 g/mol. The van der Waals surface area contributed by atoms with Gasteiger partial charge in [0, 0.05) is 10.0 Å². The zero-order valence-electron chi connectivity index (χ0n) is 11.1. The molecule has 3 nitrogen and oxygen atoms in total. The summed E-state index contributed by atoms with van der Waals surface area (Å²) in [6, 6.07) is 12.8. The van der Waals surface area contributed by atoms with Gasteiger partial charge in [-0.05, 0) is 48.4 Å². The third kappa shape index (κ3) is 3.44. The monoisotopic (exact) mass is 310 g/mol. The van der Waals surface area contributed by atoms with Crippen molar-refractivity contribution < 1.29 is 4.74 Å². The van der Waals surface area contributed by atoms with Crippen LogP contribution < -0.4 is 16.0 Å². The van der Waals surface area contributed by atoms with Crippen LogP contribution in [0.15, 0.2) is 42.5 Å². The Morgan fingerprint density at radius 3 is 2.70 bits per heavy atom. The first-order chi connectivity index (χ1) is 9.65. The summed E-state index contributed by atoms with van der Waals surface area (Å²) >= 11 is 12.3. The largest absolute Gasteiger partial charge is 0.494 e. The number of hydrazine groups is 1. The van der Waals surface area contributed by atoms with Gasteiger partial charge in [-0.25, -0.2) is 5.43 Å². The van der Waals surface area contributed by atoms with Gasteiger partial charge in [-0.15, -0.1) is 0 Å². The molecule has 0 aromatic heterocycles. The Bertz CT molecular complexity index is 590. The van der Waals surface area contributed by atoms with Gasteiger partial charge in [-0.3, -0.25) is 5.84 Å². The van der Waals surface area contributed by atoms with Crippen LogP contribution in [0.25, 0.3) is 0 Å². The van der Waals surface area contributed by atoms with Crippen molar-refractivity contribution in [1.29, 1.82) is 0 Å². The highest BCUT2D eigenvalue weighted by atomic mass is 35.5. The Morgan fingerprint density at radius 1 is 1.20 bits per heavy atom. The first kappa shape index (κ1) is 15.1. The molecule has 0 aliphatic rings. The van der Waals surface area contributed by atoms with E-state index in [1.54, 1.807) is 12.1 Å².